The fourth-order valence-electron chi connectivity index (χ4n) is 4.83. The lowest BCUT2D eigenvalue weighted by Crippen LogP contribution is -2.54. The van der Waals surface area contributed by atoms with Crippen molar-refractivity contribution in [1.82, 2.24) is 0 Å². The largest absolute Gasteiger partial charge is 0.287 e. The second kappa shape index (κ2) is 6.65. The number of ketones is 1. The van der Waals surface area contributed by atoms with Crippen molar-refractivity contribution in [2.24, 2.45) is 5.92 Å². The lowest BCUT2D eigenvalue weighted by Gasteiger charge is -2.47. The number of nitro groups is 1. The van der Waals surface area contributed by atoms with Crippen LogP contribution in [0.1, 0.15) is 61.8 Å². The van der Waals surface area contributed by atoms with Crippen LogP contribution in [0.15, 0.2) is 10.8 Å². The minimum Gasteiger partial charge on any atom is -0.287 e. The molecule has 0 N–H and O–H groups in total. The topological polar surface area (TPSA) is 60.2 Å². The molecule has 1 aliphatic carbocycles. The first-order valence-electron chi connectivity index (χ1n) is 8.38. The first-order chi connectivity index (χ1) is 9.99. The van der Waals surface area contributed by atoms with Crippen LogP contribution in [0.3, 0.4) is 0 Å². The van der Waals surface area contributed by atoms with Gasteiger partial charge in [-0.05, 0) is 34.7 Å². The molecular formula is C17H31NO3Si. The van der Waals surface area contributed by atoms with E-state index in [1.165, 1.54) is 0 Å². The molecule has 0 unspecified atom stereocenters. The zero-order valence-corrected chi connectivity index (χ0v) is 16.3. The quantitative estimate of drug-likeness (QED) is 0.415. The summed E-state index contributed by atoms with van der Waals surface area (Å²) in [6, 6.07) is -1.04. The molecule has 0 saturated heterocycles. The maximum atomic E-state index is 13.0. The molecule has 0 bridgehead atoms. The summed E-state index contributed by atoms with van der Waals surface area (Å²) in [4.78, 5) is 24.0. The van der Waals surface area contributed by atoms with Gasteiger partial charge in [-0.2, -0.15) is 0 Å². The number of nitrogens with zero attached hydrogens (tertiary/aromatic N) is 1. The Bertz CT molecular complexity index is 472. The number of carbonyl (C=O) groups excluding carboxylic acids is 1. The molecule has 0 fully saturated rings. The van der Waals surface area contributed by atoms with E-state index in [9.17, 15) is 14.9 Å². The average molecular weight is 326 g/mol. The highest BCUT2D eigenvalue weighted by Crippen LogP contribution is 2.50. The smallest absolute Gasteiger partial charge is 0.274 e. The summed E-state index contributed by atoms with van der Waals surface area (Å²) in [5.41, 5.74) is 2.28. The van der Waals surface area contributed by atoms with Gasteiger partial charge in [0.15, 0.2) is 0 Å². The Morgan fingerprint density at radius 3 is 1.82 bits per heavy atom. The molecule has 126 valence electrons. The maximum Gasteiger partial charge on any atom is 0.274 e. The molecule has 0 aromatic carbocycles. The van der Waals surface area contributed by atoms with Gasteiger partial charge in [-0.3, -0.25) is 14.9 Å². The van der Waals surface area contributed by atoms with E-state index in [2.05, 4.69) is 41.5 Å². The van der Waals surface area contributed by atoms with Gasteiger partial charge in [0.2, 0.25) is 5.78 Å². The predicted molar refractivity (Wildman–Crippen MR) is 93.3 cm³/mol. The van der Waals surface area contributed by atoms with E-state index in [4.69, 9.17) is 0 Å². The van der Waals surface area contributed by atoms with Crippen molar-refractivity contribution in [3.05, 3.63) is 20.9 Å². The maximum absolute atomic E-state index is 13.0. The molecule has 5 heteroatoms. The zero-order valence-electron chi connectivity index (χ0n) is 15.3. The minimum absolute atomic E-state index is 0.117. The van der Waals surface area contributed by atoms with Gasteiger partial charge < -0.3 is 0 Å². The van der Waals surface area contributed by atoms with Crippen LogP contribution in [-0.4, -0.2) is 24.8 Å². The standard InChI is InChI=1S/C17H31NO3Si/c1-10(2)22(11(3)4,12(5)6)17-14(8)13(7)9-15(16(17)19)18(20)21/h10-13,15H,9H2,1-8H3/t13-,15+/m0/s1. The SMILES string of the molecule is CC1=C([Si](C(C)C)(C(C)C)C(C)C)C(=O)[C@H]([N+](=O)[O-])C[C@@H]1C. The second-order valence-corrected chi connectivity index (χ2v) is 13.6. The Morgan fingerprint density at radius 2 is 1.50 bits per heavy atom. The Labute approximate surface area is 135 Å². The molecule has 1 aliphatic rings. The molecule has 0 radical (unpaired) electrons. The lowest BCUT2D eigenvalue weighted by atomic mass is 9.86. The number of Topliss-reactive ketones (excluding diaryl/α,β-unsaturated/α-hetero) is 1. The van der Waals surface area contributed by atoms with Crippen molar-refractivity contribution in [2.75, 3.05) is 0 Å². The summed E-state index contributed by atoms with van der Waals surface area (Å²) in [6.45, 7) is 17.2. The monoisotopic (exact) mass is 325 g/mol. The van der Waals surface area contributed by atoms with Crippen molar-refractivity contribution >= 4 is 13.9 Å². The molecule has 0 aromatic rings. The third-order valence-corrected chi connectivity index (χ3v) is 13.1. The van der Waals surface area contributed by atoms with Gasteiger partial charge in [-0.15, -0.1) is 0 Å². The highest BCUT2D eigenvalue weighted by atomic mass is 28.3. The first kappa shape index (κ1) is 19.1. The predicted octanol–water partition coefficient (Wildman–Crippen LogP) is 4.78. The highest BCUT2D eigenvalue weighted by Gasteiger charge is 2.54. The van der Waals surface area contributed by atoms with Gasteiger partial charge >= 0.3 is 0 Å². The van der Waals surface area contributed by atoms with Crippen LogP contribution < -0.4 is 0 Å². The Hall–Kier alpha value is -0.973. The third kappa shape index (κ3) is 2.80. The van der Waals surface area contributed by atoms with Gasteiger partial charge in [-0.1, -0.05) is 54.0 Å². The number of hydrogen-bond acceptors (Lipinski definition) is 3. The molecule has 22 heavy (non-hydrogen) atoms. The number of allylic oxidation sites excluding steroid dienone is 1. The summed E-state index contributed by atoms with van der Waals surface area (Å²) in [5, 5.41) is 12.3. The summed E-state index contributed by atoms with van der Waals surface area (Å²) < 4.78 is 0. The molecular weight excluding hydrogens is 294 g/mol. The summed E-state index contributed by atoms with van der Waals surface area (Å²) in [7, 11) is -2.16. The molecule has 1 rings (SSSR count). The van der Waals surface area contributed by atoms with E-state index in [0.29, 0.717) is 23.0 Å². The van der Waals surface area contributed by atoms with Gasteiger partial charge in [0.25, 0.3) is 6.04 Å². The van der Waals surface area contributed by atoms with E-state index in [0.717, 1.165) is 10.8 Å². The molecule has 4 nitrogen and oxygen atoms in total. The molecule has 0 amide bonds. The van der Waals surface area contributed by atoms with Crippen LogP contribution in [0.2, 0.25) is 16.6 Å². The van der Waals surface area contributed by atoms with Gasteiger partial charge in [-0.25, -0.2) is 0 Å². The molecule has 0 aliphatic heterocycles. The molecule has 0 aromatic heterocycles. The van der Waals surface area contributed by atoms with Crippen LogP contribution in [-0.2, 0) is 4.79 Å². The van der Waals surface area contributed by atoms with Crippen molar-refractivity contribution in [3.63, 3.8) is 0 Å². The third-order valence-electron chi connectivity index (χ3n) is 5.81. The van der Waals surface area contributed by atoms with Crippen molar-refractivity contribution in [2.45, 2.75) is 84.5 Å². The van der Waals surface area contributed by atoms with Crippen LogP contribution in [0, 0.1) is 16.0 Å². The first-order valence-corrected chi connectivity index (χ1v) is 10.6. The van der Waals surface area contributed by atoms with Crippen molar-refractivity contribution in [3.8, 4) is 0 Å². The Balaban J connectivity index is 3.66. The van der Waals surface area contributed by atoms with E-state index >= 15 is 0 Å². The molecule has 2 atom stereocenters. The number of rotatable bonds is 5. The van der Waals surface area contributed by atoms with E-state index in [1.807, 2.05) is 13.8 Å². The van der Waals surface area contributed by atoms with Gasteiger partial charge in [0.05, 0.1) is 8.07 Å². The second-order valence-electron chi connectivity index (χ2n) is 7.76. The van der Waals surface area contributed by atoms with E-state index in [1.54, 1.807) is 0 Å². The zero-order chi connectivity index (χ0) is 17.4. The number of hydrogen-bond donors (Lipinski definition) is 0. The van der Waals surface area contributed by atoms with Gasteiger partial charge in [0.1, 0.15) is 0 Å². The molecule has 0 spiro atoms. The van der Waals surface area contributed by atoms with Crippen molar-refractivity contribution < 1.29 is 9.72 Å². The highest BCUT2D eigenvalue weighted by molar-refractivity contribution is 6.93. The number of carbonyl (C=O) groups is 1. The lowest BCUT2D eigenvalue weighted by molar-refractivity contribution is -0.509. The molecule has 0 saturated carbocycles. The normalized spacial score (nSPS) is 23.9. The summed E-state index contributed by atoms with van der Waals surface area (Å²) in [6.07, 6.45) is 0.347. The van der Waals surface area contributed by atoms with E-state index in [-0.39, 0.29) is 16.6 Å². The Kier molecular flexibility index (Phi) is 5.76. The van der Waals surface area contributed by atoms with E-state index < -0.39 is 14.1 Å². The fourth-order valence-corrected chi connectivity index (χ4v) is 12.1. The van der Waals surface area contributed by atoms with Crippen LogP contribution >= 0.6 is 0 Å². The summed E-state index contributed by atoms with van der Waals surface area (Å²) >= 11 is 0. The fraction of sp³-hybridized carbons (Fsp3) is 0.824. The van der Waals surface area contributed by atoms with Crippen LogP contribution in [0.25, 0.3) is 0 Å². The van der Waals surface area contributed by atoms with Crippen LogP contribution in [0.4, 0.5) is 0 Å². The van der Waals surface area contributed by atoms with Crippen molar-refractivity contribution in [1.29, 1.82) is 0 Å². The minimum atomic E-state index is -2.16. The van der Waals surface area contributed by atoms with Crippen LogP contribution in [0.5, 0.6) is 0 Å². The summed E-state index contributed by atoms with van der Waals surface area (Å²) in [5.74, 6) is -0.0745. The Morgan fingerprint density at radius 1 is 1.09 bits per heavy atom. The average Bonchev–Trinajstić information content (AvgIpc) is 2.36. The molecule has 0 heterocycles. The van der Waals surface area contributed by atoms with Gasteiger partial charge in [0, 0.05) is 11.3 Å².